The summed E-state index contributed by atoms with van der Waals surface area (Å²) in [7, 11) is 0. The van der Waals surface area contributed by atoms with E-state index >= 15 is 0 Å². The molecule has 0 aliphatic rings. The fourth-order valence-corrected chi connectivity index (χ4v) is 1.37. The molecule has 0 rings (SSSR count). The van der Waals surface area contributed by atoms with E-state index in [1.807, 2.05) is 32.6 Å². The number of hydrogen-bond donors (Lipinski definition) is 1. The summed E-state index contributed by atoms with van der Waals surface area (Å²) in [4.78, 5) is 12.6. The highest BCUT2D eigenvalue weighted by molar-refractivity contribution is 5.69. The summed E-state index contributed by atoms with van der Waals surface area (Å²) in [5, 5.41) is 17.7. The van der Waals surface area contributed by atoms with Crippen molar-refractivity contribution in [2.45, 2.75) is 46.6 Å². The van der Waals surface area contributed by atoms with Crippen molar-refractivity contribution in [2.24, 2.45) is 5.41 Å². The third-order valence-corrected chi connectivity index (χ3v) is 2.88. The van der Waals surface area contributed by atoms with Gasteiger partial charge in [-0.1, -0.05) is 6.92 Å². The molecular weight excluding hydrogens is 204 g/mol. The van der Waals surface area contributed by atoms with Crippen molar-refractivity contribution in [3.05, 3.63) is 0 Å². The summed E-state index contributed by atoms with van der Waals surface area (Å²) in [5.74, 6) is -0.810. The van der Waals surface area contributed by atoms with Crippen LogP contribution in [0.25, 0.3) is 0 Å². The van der Waals surface area contributed by atoms with Gasteiger partial charge in [-0.05, 0) is 33.6 Å². The van der Waals surface area contributed by atoms with E-state index in [0.717, 1.165) is 6.42 Å². The van der Waals surface area contributed by atoms with Crippen LogP contribution in [0.2, 0.25) is 0 Å². The molecule has 0 spiro atoms. The molecule has 0 aromatic carbocycles. The maximum Gasteiger partial charge on any atom is 0.317 e. The molecule has 0 heterocycles. The molecule has 1 N–H and O–H groups in total. The van der Waals surface area contributed by atoms with Crippen molar-refractivity contribution < 1.29 is 9.90 Å². The van der Waals surface area contributed by atoms with Gasteiger partial charge in [-0.2, -0.15) is 5.26 Å². The highest BCUT2D eigenvalue weighted by Gasteiger charge is 2.21. The molecule has 0 amide bonds. The zero-order valence-electron chi connectivity index (χ0n) is 10.7. The van der Waals surface area contributed by atoms with Crippen LogP contribution in [0, 0.1) is 16.7 Å². The lowest BCUT2D eigenvalue weighted by Gasteiger charge is -2.28. The second-order valence-electron chi connectivity index (χ2n) is 4.87. The lowest BCUT2D eigenvalue weighted by molar-refractivity contribution is -0.139. The SMILES string of the molecule is CCC(C)N(CCC(C)(C)C#N)CC(=O)O. The Morgan fingerprint density at radius 1 is 1.56 bits per heavy atom. The highest BCUT2D eigenvalue weighted by Crippen LogP contribution is 2.19. The molecule has 4 nitrogen and oxygen atoms in total. The average Bonchev–Trinajstić information content (AvgIpc) is 2.22. The van der Waals surface area contributed by atoms with Gasteiger partial charge in [-0.15, -0.1) is 0 Å². The Bertz CT molecular complexity index is 269. The maximum atomic E-state index is 10.7. The largest absolute Gasteiger partial charge is 0.480 e. The van der Waals surface area contributed by atoms with E-state index in [9.17, 15) is 4.79 Å². The summed E-state index contributed by atoms with van der Waals surface area (Å²) in [6.45, 7) is 8.51. The lowest BCUT2D eigenvalue weighted by atomic mass is 9.91. The van der Waals surface area contributed by atoms with E-state index in [0.29, 0.717) is 13.0 Å². The second-order valence-corrected chi connectivity index (χ2v) is 4.87. The average molecular weight is 226 g/mol. The number of carbonyl (C=O) groups is 1. The Morgan fingerprint density at radius 3 is 2.50 bits per heavy atom. The first-order valence-electron chi connectivity index (χ1n) is 5.69. The van der Waals surface area contributed by atoms with Crippen molar-refractivity contribution >= 4 is 5.97 Å². The molecule has 16 heavy (non-hydrogen) atoms. The molecule has 0 aliphatic carbocycles. The van der Waals surface area contributed by atoms with Crippen molar-refractivity contribution in [1.82, 2.24) is 4.90 Å². The molecule has 0 bridgehead atoms. The van der Waals surface area contributed by atoms with Crippen LogP contribution in [-0.4, -0.2) is 35.1 Å². The van der Waals surface area contributed by atoms with Crippen LogP contribution >= 0.6 is 0 Å². The normalized spacial score (nSPS) is 13.5. The van der Waals surface area contributed by atoms with Crippen molar-refractivity contribution in [3.63, 3.8) is 0 Å². The molecule has 0 radical (unpaired) electrons. The van der Waals surface area contributed by atoms with Gasteiger partial charge in [0.1, 0.15) is 0 Å². The Hall–Kier alpha value is -1.08. The van der Waals surface area contributed by atoms with E-state index in [1.54, 1.807) is 0 Å². The minimum atomic E-state index is -0.810. The zero-order chi connectivity index (χ0) is 12.8. The summed E-state index contributed by atoms with van der Waals surface area (Å²) in [6.07, 6.45) is 1.61. The van der Waals surface area contributed by atoms with E-state index in [2.05, 4.69) is 6.07 Å². The number of hydrogen-bond acceptors (Lipinski definition) is 3. The fourth-order valence-electron chi connectivity index (χ4n) is 1.37. The summed E-state index contributed by atoms with van der Waals surface area (Å²) >= 11 is 0. The zero-order valence-corrected chi connectivity index (χ0v) is 10.7. The minimum Gasteiger partial charge on any atom is -0.480 e. The monoisotopic (exact) mass is 226 g/mol. The van der Waals surface area contributed by atoms with Gasteiger partial charge < -0.3 is 5.11 Å². The fraction of sp³-hybridized carbons (Fsp3) is 0.833. The quantitative estimate of drug-likeness (QED) is 0.722. The molecule has 0 aliphatic heterocycles. The number of aliphatic carboxylic acids is 1. The molecule has 0 fully saturated rings. The van der Waals surface area contributed by atoms with Gasteiger partial charge in [0.15, 0.2) is 0 Å². The van der Waals surface area contributed by atoms with Crippen LogP contribution < -0.4 is 0 Å². The molecule has 1 unspecified atom stereocenters. The van der Waals surface area contributed by atoms with Crippen LogP contribution in [0.3, 0.4) is 0 Å². The van der Waals surface area contributed by atoms with Crippen LogP contribution in [0.15, 0.2) is 0 Å². The van der Waals surface area contributed by atoms with Crippen LogP contribution in [0.5, 0.6) is 0 Å². The van der Waals surface area contributed by atoms with E-state index in [4.69, 9.17) is 10.4 Å². The Morgan fingerprint density at radius 2 is 2.12 bits per heavy atom. The highest BCUT2D eigenvalue weighted by atomic mass is 16.4. The van der Waals surface area contributed by atoms with E-state index in [1.165, 1.54) is 0 Å². The molecule has 0 aromatic heterocycles. The van der Waals surface area contributed by atoms with E-state index < -0.39 is 5.97 Å². The first kappa shape index (κ1) is 14.9. The number of carboxylic acids is 1. The number of nitriles is 1. The third-order valence-electron chi connectivity index (χ3n) is 2.88. The molecule has 0 aromatic rings. The minimum absolute atomic E-state index is 0.0521. The van der Waals surface area contributed by atoms with Gasteiger partial charge in [0.25, 0.3) is 0 Å². The van der Waals surface area contributed by atoms with E-state index in [-0.39, 0.29) is 18.0 Å². The topological polar surface area (TPSA) is 64.3 Å². The number of carboxylic acid groups (broad SMARTS) is 1. The maximum absolute atomic E-state index is 10.7. The summed E-state index contributed by atoms with van der Waals surface area (Å²) in [6, 6.07) is 2.47. The van der Waals surface area contributed by atoms with Crippen LogP contribution in [-0.2, 0) is 4.79 Å². The number of nitrogens with zero attached hydrogens (tertiary/aromatic N) is 2. The second kappa shape index (κ2) is 6.49. The first-order chi connectivity index (χ1) is 7.32. The Balaban J connectivity index is 4.34. The predicted octanol–water partition coefficient (Wildman–Crippen LogP) is 2.11. The van der Waals surface area contributed by atoms with Crippen molar-refractivity contribution in [2.75, 3.05) is 13.1 Å². The van der Waals surface area contributed by atoms with Crippen LogP contribution in [0.4, 0.5) is 0 Å². The molecule has 0 saturated carbocycles. The third kappa shape index (κ3) is 5.72. The smallest absolute Gasteiger partial charge is 0.317 e. The summed E-state index contributed by atoms with van der Waals surface area (Å²) < 4.78 is 0. The Kier molecular flexibility index (Phi) is 6.05. The van der Waals surface area contributed by atoms with Gasteiger partial charge in [0, 0.05) is 12.6 Å². The lowest BCUT2D eigenvalue weighted by Crippen LogP contribution is -2.39. The van der Waals surface area contributed by atoms with Crippen molar-refractivity contribution in [3.8, 4) is 6.07 Å². The number of rotatable bonds is 7. The standard InChI is InChI=1S/C12H22N2O2/c1-5-10(2)14(8-11(15)16)7-6-12(3,4)9-13/h10H,5-8H2,1-4H3,(H,15,16). The van der Waals surface area contributed by atoms with Crippen LogP contribution in [0.1, 0.15) is 40.5 Å². The predicted molar refractivity (Wildman–Crippen MR) is 63.0 cm³/mol. The molecule has 4 heteroatoms. The van der Waals surface area contributed by atoms with Gasteiger partial charge >= 0.3 is 5.97 Å². The molecule has 1 atom stereocenters. The van der Waals surface area contributed by atoms with Gasteiger partial charge in [0.2, 0.25) is 0 Å². The first-order valence-corrected chi connectivity index (χ1v) is 5.69. The molecule has 92 valence electrons. The van der Waals surface area contributed by atoms with Gasteiger partial charge in [0.05, 0.1) is 18.0 Å². The van der Waals surface area contributed by atoms with Gasteiger partial charge in [-0.25, -0.2) is 0 Å². The summed E-state index contributed by atoms with van der Waals surface area (Å²) in [5.41, 5.74) is -0.385. The van der Waals surface area contributed by atoms with Crippen molar-refractivity contribution in [1.29, 1.82) is 5.26 Å². The molecule has 0 saturated heterocycles. The molecular formula is C12H22N2O2. The Labute approximate surface area is 97.9 Å². The van der Waals surface area contributed by atoms with Gasteiger partial charge in [-0.3, -0.25) is 9.69 Å².